The summed E-state index contributed by atoms with van der Waals surface area (Å²) in [6.45, 7) is 3.39. The maximum atomic E-state index is 14.7. The summed E-state index contributed by atoms with van der Waals surface area (Å²) < 4.78 is 59.6. The van der Waals surface area contributed by atoms with E-state index < -0.39 is 17.5 Å². The van der Waals surface area contributed by atoms with Gasteiger partial charge in [0.1, 0.15) is 5.82 Å². The fraction of sp³-hybridized carbons (Fsp3) is 0.500. The third-order valence-corrected chi connectivity index (χ3v) is 5.51. The fourth-order valence-corrected chi connectivity index (χ4v) is 3.75. The van der Waals surface area contributed by atoms with Crippen molar-refractivity contribution in [1.29, 1.82) is 0 Å². The predicted molar refractivity (Wildman–Crippen MR) is 110 cm³/mol. The van der Waals surface area contributed by atoms with Crippen LogP contribution < -0.4 is 4.74 Å². The van der Waals surface area contributed by atoms with Gasteiger partial charge in [-0.05, 0) is 43.0 Å². The Balaban J connectivity index is 1.61. The zero-order chi connectivity index (χ0) is 21.5. The molecule has 0 saturated carbocycles. The Kier molecular flexibility index (Phi) is 8.16. The lowest BCUT2D eigenvalue weighted by atomic mass is 9.96. The molecule has 1 heterocycles. The molecule has 0 aromatic heterocycles. The topological polar surface area (TPSA) is 27.7 Å². The first-order valence-corrected chi connectivity index (χ1v) is 10.6. The highest BCUT2D eigenvalue weighted by Gasteiger charge is 2.25. The van der Waals surface area contributed by atoms with E-state index in [0.717, 1.165) is 25.9 Å². The van der Waals surface area contributed by atoms with Gasteiger partial charge in [0, 0.05) is 17.7 Å². The van der Waals surface area contributed by atoms with E-state index in [4.69, 9.17) is 14.2 Å². The van der Waals surface area contributed by atoms with Crippen molar-refractivity contribution in [3.63, 3.8) is 0 Å². The van der Waals surface area contributed by atoms with Crippen molar-refractivity contribution < 1.29 is 27.4 Å². The van der Waals surface area contributed by atoms with Crippen molar-refractivity contribution in [3.8, 4) is 16.9 Å². The van der Waals surface area contributed by atoms with Crippen LogP contribution in [0.3, 0.4) is 0 Å². The zero-order valence-corrected chi connectivity index (χ0v) is 17.6. The molecular weight excluding hydrogens is 393 g/mol. The van der Waals surface area contributed by atoms with E-state index in [9.17, 15) is 13.2 Å². The van der Waals surface area contributed by atoms with Gasteiger partial charge in [0.05, 0.1) is 25.9 Å². The number of ether oxygens (including phenoxy) is 3. The molecule has 1 aliphatic rings. The Morgan fingerprint density at radius 3 is 2.43 bits per heavy atom. The highest BCUT2D eigenvalue weighted by atomic mass is 19.2. The first-order valence-electron chi connectivity index (χ1n) is 10.6. The van der Waals surface area contributed by atoms with Crippen LogP contribution in [-0.4, -0.2) is 26.4 Å². The molecule has 2 atom stereocenters. The van der Waals surface area contributed by atoms with Crippen LogP contribution in [0.1, 0.15) is 57.1 Å². The van der Waals surface area contributed by atoms with E-state index in [2.05, 4.69) is 6.92 Å². The Morgan fingerprint density at radius 1 is 0.967 bits per heavy atom. The zero-order valence-electron chi connectivity index (χ0n) is 17.6. The van der Waals surface area contributed by atoms with Crippen molar-refractivity contribution in [2.45, 2.75) is 57.7 Å². The lowest BCUT2D eigenvalue weighted by Crippen LogP contribution is -2.28. The van der Waals surface area contributed by atoms with Crippen molar-refractivity contribution in [1.82, 2.24) is 0 Å². The van der Waals surface area contributed by atoms with Crippen molar-refractivity contribution in [2.75, 3.05) is 20.3 Å². The van der Waals surface area contributed by atoms with Gasteiger partial charge < -0.3 is 14.2 Å². The van der Waals surface area contributed by atoms with Crippen LogP contribution in [0.2, 0.25) is 0 Å². The average Bonchev–Trinajstić information content (AvgIpc) is 2.76. The van der Waals surface area contributed by atoms with Gasteiger partial charge in [-0.15, -0.1) is 0 Å². The summed E-state index contributed by atoms with van der Waals surface area (Å²) in [4.78, 5) is 0. The van der Waals surface area contributed by atoms with E-state index in [1.165, 1.54) is 50.6 Å². The van der Waals surface area contributed by atoms with Crippen LogP contribution in [0.5, 0.6) is 5.75 Å². The van der Waals surface area contributed by atoms with Crippen LogP contribution in [0.25, 0.3) is 11.1 Å². The van der Waals surface area contributed by atoms with E-state index in [-0.39, 0.29) is 29.1 Å². The quantitative estimate of drug-likeness (QED) is 0.426. The van der Waals surface area contributed by atoms with Gasteiger partial charge >= 0.3 is 0 Å². The Hall–Kier alpha value is -2.05. The molecule has 1 fully saturated rings. The molecule has 0 bridgehead atoms. The minimum absolute atomic E-state index is 0.00176. The first kappa shape index (κ1) is 22.6. The van der Waals surface area contributed by atoms with Gasteiger partial charge in [-0.25, -0.2) is 8.78 Å². The van der Waals surface area contributed by atoms with Crippen molar-refractivity contribution >= 4 is 0 Å². The summed E-state index contributed by atoms with van der Waals surface area (Å²) in [5, 5.41) is 0. The number of methoxy groups -OCH3 is 1. The second-order valence-electron chi connectivity index (χ2n) is 7.64. The second-order valence-corrected chi connectivity index (χ2v) is 7.64. The molecule has 3 rings (SSSR count). The fourth-order valence-electron chi connectivity index (χ4n) is 3.75. The Bertz CT molecular complexity index is 833. The van der Waals surface area contributed by atoms with Crippen LogP contribution in [0.15, 0.2) is 30.3 Å². The maximum Gasteiger partial charge on any atom is 0.201 e. The number of unbranched alkanes of at least 4 members (excludes halogenated alkanes) is 3. The molecule has 0 spiro atoms. The third kappa shape index (κ3) is 5.35. The molecule has 1 aliphatic heterocycles. The first-order chi connectivity index (χ1) is 14.5. The van der Waals surface area contributed by atoms with E-state index in [0.29, 0.717) is 12.2 Å². The lowest BCUT2D eigenvalue weighted by Gasteiger charge is -2.29. The summed E-state index contributed by atoms with van der Waals surface area (Å²) >= 11 is 0. The average molecular weight is 422 g/mol. The molecule has 0 N–H and O–H groups in total. The van der Waals surface area contributed by atoms with Crippen LogP contribution in [0.4, 0.5) is 13.2 Å². The Morgan fingerprint density at radius 2 is 1.77 bits per heavy atom. The van der Waals surface area contributed by atoms with Gasteiger partial charge in [-0.1, -0.05) is 38.3 Å². The summed E-state index contributed by atoms with van der Waals surface area (Å²) in [6.07, 6.45) is 6.07. The largest absolute Gasteiger partial charge is 0.494 e. The monoisotopic (exact) mass is 422 g/mol. The van der Waals surface area contributed by atoms with Gasteiger partial charge in [0.2, 0.25) is 5.82 Å². The summed E-state index contributed by atoms with van der Waals surface area (Å²) in [7, 11) is 1.25. The molecule has 3 nitrogen and oxygen atoms in total. The van der Waals surface area contributed by atoms with Crippen LogP contribution >= 0.6 is 0 Å². The lowest BCUT2D eigenvalue weighted by molar-refractivity contribution is -0.0873. The van der Waals surface area contributed by atoms with Crippen molar-refractivity contribution in [3.05, 3.63) is 53.3 Å². The third-order valence-electron chi connectivity index (χ3n) is 5.51. The number of halogens is 3. The van der Waals surface area contributed by atoms with Crippen molar-refractivity contribution in [2.24, 2.45) is 0 Å². The van der Waals surface area contributed by atoms with E-state index in [1.807, 2.05) is 0 Å². The summed E-state index contributed by atoms with van der Waals surface area (Å²) in [6, 6.07) is 7.11. The normalized spacial score (nSPS) is 19.1. The number of benzene rings is 2. The number of hydrogen-bond donors (Lipinski definition) is 0. The highest BCUT2D eigenvalue weighted by molar-refractivity contribution is 5.66. The van der Waals surface area contributed by atoms with Crippen LogP contribution in [-0.2, 0) is 9.47 Å². The summed E-state index contributed by atoms with van der Waals surface area (Å²) in [5.41, 5.74) is 0.549. The predicted octanol–water partition coefficient (Wildman–Crippen LogP) is 6.60. The van der Waals surface area contributed by atoms with Gasteiger partial charge in [0.25, 0.3) is 0 Å². The molecular formula is C24H29F3O3. The minimum atomic E-state index is -1.13. The standard InChI is InChI=1S/C24H29F3O3/c1-3-4-5-6-13-29-17-8-11-21(30-15-17)16-7-9-18(20(25)14-16)19-10-12-22(28-2)24(27)23(19)26/h7,9-10,12,14,17,21H,3-6,8,11,13,15H2,1-2H3. The van der Waals surface area contributed by atoms with E-state index in [1.54, 1.807) is 6.07 Å². The number of rotatable bonds is 9. The second kappa shape index (κ2) is 10.8. The molecule has 0 radical (unpaired) electrons. The molecule has 0 amide bonds. The summed E-state index contributed by atoms with van der Waals surface area (Å²) in [5.74, 6) is -3.09. The van der Waals surface area contributed by atoms with Crippen LogP contribution in [0, 0.1) is 17.5 Å². The molecule has 164 valence electrons. The smallest absolute Gasteiger partial charge is 0.201 e. The molecule has 1 saturated heterocycles. The Labute approximate surface area is 176 Å². The van der Waals surface area contributed by atoms with Gasteiger partial charge in [0.15, 0.2) is 11.6 Å². The molecule has 30 heavy (non-hydrogen) atoms. The maximum absolute atomic E-state index is 14.7. The SMILES string of the molecule is CCCCCCOC1CCC(c2ccc(-c3ccc(OC)c(F)c3F)c(F)c2)OC1. The minimum Gasteiger partial charge on any atom is -0.494 e. The molecule has 2 aromatic carbocycles. The molecule has 2 aromatic rings. The van der Waals surface area contributed by atoms with Gasteiger partial charge in [-0.3, -0.25) is 0 Å². The molecule has 6 heteroatoms. The molecule has 2 unspecified atom stereocenters. The number of hydrogen-bond acceptors (Lipinski definition) is 3. The highest BCUT2D eigenvalue weighted by Crippen LogP contribution is 2.35. The molecule has 0 aliphatic carbocycles. The van der Waals surface area contributed by atoms with E-state index >= 15 is 0 Å². The van der Waals surface area contributed by atoms with Gasteiger partial charge in [-0.2, -0.15) is 4.39 Å².